The van der Waals surface area contributed by atoms with Crippen LogP contribution < -0.4 is 5.48 Å². The molecule has 0 fully saturated rings. The maximum Gasteiger partial charge on any atom is 0.335 e. The van der Waals surface area contributed by atoms with Crippen LogP contribution in [0.15, 0.2) is 66.1 Å². The third-order valence-electron chi connectivity index (χ3n) is 3.31. The Bertz CT molecular complexity index is 764. The predicted molar refractivity (Wildman–Crippen MR) is 101 cm³/mol. The lowest BCUT2D eigenvalue weighted by molar-refractivity contribution is -0.825. The van der Waals surface area contributed by atoms with Crippen molar-refractivity contribution in [3.05, 3.63) is 72.2 Å². The van der Waals surface area contributed by atoms with Crippen LogP contribution in [-0.2, 0) is 4.74 Å². The van der Waals surface area contributed by atoms with E-state index >= 15 is 0 Å². The smallest absolute Gasteiger partial charge is 0.335 e. The molecule has 7 nitrogen and oxygen atoms in total. The minimum atomic E-state index is -1.05. The Morgan fingerprint density at radius 1 is 1.42 bits per heavy atom. The van der Waals surface area contributed by atoms with Crippen LogP contribution in [0.2, 0.25) is 0 Å². The molecule has 0 aliphatic rings. The number of hydrogen-bond acceptors (Lipinski definition) is 5. The largest absolute Gasteiger partial charge is 0.497 e. The third-order valence-corrected chi connectivity index (χ3v) is 3.31. The molecule has 0 atom stereocenters. The molecule has 1 rings (SSSR count). The first-order valence-electron chi connectivity index (χ1n) is 7.79. The average molecular weight is 358 g/mol. The first-order valence-corrected chi connectivity index (χ1v) is 7.79. The fourth-order valence-electron chi connectivity index (χ4n) is 1.97. The molecule has 138 valence electrons. The summed E-state index contributed by atoms with van der Waals surface area (Å²) in [6.45, 7) is 5.79. The van der Waals surface area contributed by atoms with Crippen molar-refractivity contribution in [1.82, 2.24) is 5.01 Å². The first kappa shape index (κ1) is 20.9. The van der Waals surface area contributed by atoms with Gasteiger partial charge in [-0.1, -0.05) is 12.7 Å². The molecule has 0 unspecified atom stereocenters. The van der Waals surface area contributed by atoms with Gasteiger partial charge in [0.15, 0.2) is 5.69 Å². The second kappa shape index (κ2) is 10.7. The van der Waals surface area contributed by atoms with Crippen LogP contribution in [0.4, 0.5) is 5.69 Å². The number of hydrogen-bond donors (Lipinski definition) is 3. The Balaban J connectivity index is 2.89. The number of ether oxygens (including phenoxy) is 1. The molecular formula is C19H24N3O4+. The maximum atomic E-state index is 11.1. The van der Waals surface area contributed by atoms with Crippen molar-refractivity contribution in [2.24, 2.45) is 5.10 Å². The van der Waals surface area contributed by atoms with E-state index in [2.05, 4.69) is 11.7 Å². The van der Waals surface area contributed by atoms with Gasteiger partial charge in [-0.2, -0.15) is 10.6 Å². The maximum absolute atomic E-state index is 11.1. The summed E-state index contributed by atoms with van der Waals surface area (Å²) in [6.07, 6.45) is 10.5. The van der Waals surface area contributed by atoms with Gasteiger partial charge in [-0.3, -0.25) is 5.01 Å². The van der Waals surface area contributed by atoms with Crippen molar-refractivity contribution in [2.45, 2.75) is 6.92 Å². The molecule has 26 heavy (non-hydrogen) atoms. The third kappa shape index (κ3) is 6.39. The van der Waals surface area contributed by atoms with Gasteiger partial charge in [0.2, 0.25) is 0 Å². The lowest BCUT2D eigenvalue weighted by Crippen LogP contribution is -2.74. The van der Waals surface area contributed by atoms with E-state index in [1.54, 1.807) is 37.5 Å². The number of carboxylic acids is 1. The number of allylic oxidation sites excluding steroid dienone is 5. The molecule has 4 N–H and O–H groups in total. The Labute approximate surface area is 152 Å². The topological polar surface area (TPSA) is 99.0 Å². The van der Waals surface area contributed by atoms with Crippen LogP contribution in [0.1, 0.15) is 22.8 Å². The fourth-order valence-corrected chi connectivity index (χ4v) is 1.97. The Morgan fingerprint density at radius 3 is 2.73 bits per heavy atom. The normalized spacial score (nSPS) is 12.2. The first-order chi connectivity index (χ1) is 12.4. The zero-order valence-corrected chi connectivity index (χ0v) is 15.1. The number of carboxylic acid groups (broad SMARTS) is 1. The van der Waals surface area contributed by atoms with Gasteiger partial charge in [-0.05, 0) is 37.3 Å². The van der Waals surface area contributed by atoms with E-state index < -0.39 is 5.97 Å². The van der Waals surface area contributed by atoms with Crippen LogP contribution in [0, 0.1) is 0 Å². The van der Waals surface area contributed by atoms with E-state index in [-0.39, 0.29) is 5.56 Å². The summed E-state index contributed by atoms with van der Waals surface area (Å²) in [5, 5.41) is 24.2. The van der Waals surface area contributed by atoms with Crippen LogP contribution >= 0.6 is 0 Å². The standard InChI is InChI=1S/C19H23N3O4/c1-5-7-16(26-4)8-6-11-22(3)20-13-14(2)17-12-15(19(23)24)9-10-18(17)21-25/h5-13,21,25H,2H2,1,3-4H3,(H,23,24)/p+1/b7-5-,11-6+,16-8+,20-13-. The van der Waals surface area contributed by atoms with Crippen molar-refractivity contribution >= 4 is 23.4 Å². The highest BCUT2D eigenvalue weighted by Gasteiger charge is 2.12. The van der Waals surface area contributed by atoms with Gasteiger partial charge < -0.3 is 9.84 Å². The summed E-state index contributed by atoms with van der Waals surface area (Å²) >= 11 is 0. The number of benzene rings is 1. The van der Waals surface area contributed by atoms with E-state index in [1.807, 2.05) is 19.1 Å². The molecule has 0 radical (unpaired) electrons. The lowest BCUT2D eigenvalue weighted by Gasteiger charge is -2.08. The van der Waals surface area contributed by atoms with Gasteiger partial charge in [0.25, 0.3) is 0 Å². The summed E-state index contributed by atoms with van der Waals surface area (Å²) in [5.41, 5.74) is 2.43. The Hall–Kier alpha value is -3.16. The van der Waals surface area contributed by atoms with Crippen LogP contribution in [0.25, 0.3) is 5.57 Å². The molecule has 0 saturated heterocycles. The fraction of sp³-hybridized carbons (Fsp3) is 0.158. The molecule has 0 spiro atoms. The summed E-state index contributed by atoms with van der Waals surface area (Å²) in [7, 11) is 3.33. The van der Waals surface area contributed by atoms with Crippen molar-refractivity contribution < 1.29 is 25.3 Å². The number of hydrazone groups is 1. The number of nitrogens with zero attached hydrogens (tertiary/aromatic N) is 2. The van der Waals surface area contributed by atoms with Gasteiger partial charge in [0, 0.05) is 30.5 Å². The SMILES string of the molecule is C=C(/C=N\N(C)/C=C/C=C(\C=C/C)OC)c1cc(C(=O)O)ccc1[NH2+]O. The quantitative estimate of drug-likeness (QED) is 0.207. The van der Waals surface area contributed by atoms with E-state index in [1.165, 1.54) is 24.4 Å². The Kier molecular flexibility index (Phi) is 8.56. The molecule has 1 aromatic carbocycles. The summed E-state index contributed by atoms with van der Waals surface area (Å²) < 4.78 is 5.16. The number of carbonyl (C=O) groups is 1. The number of nitrogens with two attached hydrogens (primary N) is 1. The molecule has 0 saturated carbocycles. The second-order valence-corrected chi connectivity index (χ2v) is 5.19. The van der Waals surface area contributed by atoms with Crippen molar-refractivity contribution in [1.29, 1.82) is 0 Å². The van der Waals surface area contributed by atoms with Gasteiger partial charge in [-0.25, -0.2) is 10.0 Å². The van der Waals surface area contributed by atoms with E-state index in [0.717, 1.165) is 5.48 Å². The predicted octanol–water partition coefficient (Wildman–Crippen LogP) is 2.52. The van der Waals surface area contributed by atoms with Gasteiger partial charge in [0.05, 0.1) is 18.9 Å². The molecule has 0 aliphatic heterocycles. The number of quaternary nitrogens is 1. The number of rotatable bonds is 9. The summed E-state index contributed by atoms with van der Waals surface area (Å²) in [5.74, 6) is -0.346. The minimum Gasteiger partial charge on any atom is -0.497 e. The molecule has 7 heteroatoms. The molecule has 0 aromatic heterocycles. The van der Waals surface area contributed by atoms with Crippen LogP contribution in [0.5, 0.6) is 0 Å². The lowest BCUT2D eigenvalue weighted by atomic mass is 10.0. The van der Waals surface area contributed by atoms with E-state index in [4.69, 9.17) is 9.84 Å². The zero-order chi connectivity index (χ0) is 19.5. The van der Waals surface area contributed by atoms with Crippen LogP contribution in [-0.4, -0.2) is 41.7 Å². The molecule has 0 amide bonds. The minimum absolute atomic E-state index is 0.106. The zero-order valence-electron chi connectivity index (χ0n) is 15.1. The molecule has 1 aromatic rings. The summed E-state index contributed by atoms with van der Waals surface area (Å²) in [4.78, 5) is 11.1. The van der Waals surface area contributed by atoms with Gasteiger partial charge in [0.1, 0.15) is 5.76 Å². The van der Waals surface area contributed by atoms with Crippen molar-refractivity contribution in [3.63, 3.8) is 0 Å². The average Bonchev–Trinajstić information content (AvgIpc) is 2.64. The number of aromatic carboxylic acids is 1. The summed E-state index contributed by atoms with van der Waals surface area (Å²) in [6, 6.07) is 4.37. The molecule has 0 heterocycles. The Morgan fingerprint density at radius 2 is 2.15 bits per heavy atom. The highest BCUT2D eigenvalue weighted by Crippen LogP contribution is 2.20. The van der Waals surface area contributed by atoms with Gasteiger partial charge >= 0.3 is 5.97 Å². The number of methoxy groups -OCH3 is 1. The molecule has 0 bridgehead atoms. The highest BCUT2D eigenvalue weighted by molar-refractivity contribution is 6.10. The molecule has 0 aliphatic carbocycles. The van der Waals surface area contributed by atoms with Crippen LogP contribution in [0.3, 0.4) is 0 Å². The second-order valence-electron chi connectivity index (χ2n) is 5.19. The highest BCUT2D eigenvalue weighted by atomic mass is 16.5. The van der Waals surface area contributed by atoms with E-state index in [0.29, 0.717) is 22.6 Å². The monoisotopic (exact) mass is 358 g/mol. The van der Waals surface area contributed by atoms with Gasteiger partial charge in [-0.15, -0.1) is 0 Å². The van der Waals surface area contributed by atoms with Crippen molar-refractivity contribution in [2.75, 3.05) is 14.2 Å². The van der Waals surface area contributed by atoms with E-state index in [9.17, 15) is 10.0 Å². The van der Waals surface area contributed by atoms with Crippen molar-refractivity contribution in [3.8, 4) is 0 Å². The molecular weight excluding hydrogens is 334 g/mol.